The van der Waals surface area contributed by atoms with E-state index >= 15 is 0 Å². The third kappa shape index (κ3) is 3.10. The van der Waals surface area contributed by atoms with Gasteiger partial charge in [-0.15, -0.1) is 0 Å². The minimum absolute atomic E-state index is 0.0765. The number of carbonyl (C=O) groups is 2. The second kappa shape index (κ2) is 5.14. The van der Waals surface area contributed by atoms with E-state index in [1.54, 1.807) is 0 Å². The molecule has 4 unspecified atom stereocenters. The molecule has 0 aromatic rings. The van der Waals surface area contributed by atoms with Crippen LogP contribution in [0.4, 0.5) is 0 Å². The quantitative estimate of drug-likeness (QED) is 0.773. The summed E-state index contributed by atoms with van der Waals surface area (Å²) in [5.41, 5.74) is 0. The van der Waals surface area contributed by atoms with Crippen LogP contribution in [0.3, 0.4) is 0 Å². The van der Waals surface area contributed by atoms with Crippen molar-refractivity contribution in [1.82, 2.24) is 5.32 Å². The van der Waals surface area contributed by atoms with Crippen molar-refractivity contribution in [2.45, 2.75) is 57.4 Å². The van der Waals surface area contributed by atoms with Gasteiger partial charge < -0.3 is 10.4 Å². The highest BCUT2D eigenvalue weighted by Gasteiger charge is 2.41. The van der Waals surface area contributed by atoms with E-state index < -0.39 is 5.97 Å². The molecular formula is C15H23NO3. The summed E-state index contributed by atoms with van der Waals surface area (Å²) < 4.78 is 0. The molecule has 0 aromatic heterocycles. The molecule has 19 heavy (non-hydrogen) atoms. The summed E-state index contributed by atoms with van der Waals surface area (Å²) in [6.45, 7) is 0. The molecule has 0 spiro atoms. The molecule has 0 radical (unpaired) electrons. The predicted molar refractivity (Wildman–Crippen MR) is 70.5 cm³/mol. The lowest BCUT2D eigenvalue weighted by atomic mass is 9.86. The number of carboxylic acid groups (broad SMARTS) is 1. The number of rotatable bonds is 6. The zero-order chi connectivity index (χ0) is 13.4. The Morgan fingerprint density at radius 3 is 2.47 bits per heavy atom. The average molecular weight is 265 g/mol. The molecule has 2 N–H and O–H groups in total. The number of hydrogen-bond acceptors (Lipinski definition) is 2. The predicted octanol–water partition coefficient (Wildman–Crippen LogP) is 2.18. The van der Waals surface area contributed by atoms with Crippen LogP contribution in [0.1, 0.15) is 51.4 Å². The van der Waals surface area contributed by atoms with Gasteiger partial charge in [0.25, 0.3) is 0 Å². The van der Waals surface area contributed by atoms with Crippen LogP contribution >= 0.6 is 0 Å². The standard InChI is InChI=1S/C15H23NO3/c17-14(7-12-6-9-1-2-11(12)5-9)16-13(8-15(18)19)10-3-4-10/h9-13H,1-8H2,(H,16,17)(H,18,19). The first-order valence-corrected chi connectivity index (χ1v) is 7.63. The molecule has 3 aliphatic carbocycles. The molecule has 4 atom stereocenters. The Morgan fingerprint density at radius 1 is 1.16 bits per heavy atom. The summed E-state index contributed by atoms with van der Waals surface area (Å²) >= 11 is 0. The van der Waals surface area contributed by atoms with Crippen LogP contribution in [-0.4, -0.2) is 23.0 Å². The Balaban J connectivity index is 1.48. The Bertz CT molecular complexity index is 378. The SMILES string of the molecule is O=C(O)CC(NC(=O)CC1CC2CCC1C2)C1CC1. The monoisotopic (exact) mass is 265 g/mol. The van der Waals surface area contributed by atoms with E-state index in [2.05, 4.69) is 5.32 Å². The van der Waals surface area contributed by atoms with Crippen LogP contribution in [0.2, 0.25) is 0 Å². The van der Waals surface area contributed by atoms with E-state index in [1.807, 2.05) is 0 Å². The topological polar surface area (TPSA) is 66.4 Å². The number of amides is 1. The number of hydrogen-bond donors (Lipinski definition) is 2. The zero-order valence-corrected chi connectivity index (χ0v) is 11.3. The molecule has 3 fully saturated rings. The second-order valence-corrected chi connectivity index (χ2v) is 6.75. The van der Waals surface area contributed by atoms with E-state index in [0.29, 0.717) is 18.3 Å². The third-order valence-corrected chi connectivity index (χ3v) is 5.26. The first kappa shape index (κ1) is 12.9. The van der Waals surface area contributed by atoms with Gasteiger partial charge in [-0.25, -0.2) is 0 Å². The largest absolute Gasteiger partial charge is 0.481 e. The molecule has 4 heteroatoms. The van der Waals surface area contributed by atoms with Crippen molar-refractivity contribution in [1.29, 1.82) is 0 Å². The summed E-state index contributed by atoms with van der Waals surface area (Å²) in [6, 6.07) is -0.136. The highest BCUT2D eigenvalue weighted by atomic mass is 16.4. The van der Waals surface area contributed by atoms with Gasteiger partial charge in [0.2, 0.25) is 5.91 Å². The van der Waals surface area contributed by atoms with Gasteiger partial charge in [0, 0.05) is 12.5 Å². The molecular weight excluding hydrogens is 242 g/mol. The lowest BCUT2D eigenvalue weighted by molar-refractivity contribution is -0.137. The number of carboxylic acids is 1. The molecule has 4 nitrogen and oxygen atoms in total. The van der Waals surface area contributed by atoms with E-state index in [-0.39, 0.29) is 18.4 Å². The Kier molecular flexibility index (Phi) is 3.50. The van der Waals surface area contributed by atoms with Crippen molar-refractivity contribution < 1.29 is 14.7 Å². The van der Waals surface area contributed by atoms with Crippen LogP contribution in [0.25, 0.3) is 0 Å². The van der Waals surface area contributed by atoms with Crippen molar-refractivity contribution >= 4 is 11.9 Å². The maximum Gasteiger partial charge on any atom is 0.305 e. The van der Waals surface area contributed by atoms with Crippen molar-refractivity contribution in [2.75, 3.05) is 0 Å². The summed E-state index contributed by atoms with van der Waals surface area (Å²) in [5, 5.41) is 11.9. The molecule has 106 valence electrons. The Labute approximate surface area is 113 Å². The van der Waals surface area contributed by atoms with Crippen molar-refractivity contribution in [3.63, 3.8) is 0 Å². The van der Waals surface area contributed by atoms with Crippen LogP contribution < -0.4 is 5.32 Å². The number of aliphatic carboxylic acids is 1. The molecule has 3 rings (SSSR count). The average Bonchev–Trinajstić information content (AvgIpc) is 2.99. The normalized spacial score (nSPS) is 34.2. The highest BCUT2D eigenvalue weighted by Crippen LogP contribution is 2.49. The fourth-order valence-corrected chi connectivity index (χ4v) is 4.15. The first-order chi connectivity index (χ1) is 9.11. The van der Waals surface area contributed by atoms with Gasteiger partial charge >= 0.3 is 5.97 Å². The van der Waals surface area contributed by atoms with Gasteiger partial charge in [-0.2, -0.15) is 0 Å². The molecule has 3 saturated carbocycles. The number of fused-ring (bicyclic) bond motifs is 2. The number of nitrogens with one attached hydrogen (secondary N) is 1. The third-order valence-electron chi connectivity index (χ3n) is 5.26. The van der Waals surface area contributed by atoms with Crippen LogP contribution in [0, 0.1) is 23.7 Å². The second-order valence-electron chi connectivity index (χ2n) is 6.75. The Morgan fingerprint density at radius 2 is 1.95 bits per heavy atom. The van der Waals surface area contributed by atoms with Gasteiger partial charge in [0.15, 0.2) is 0 Å². The van der Waals surface area contributed by atoms with Crippen LogP contribution in [0.5, 0.6) is 0 Å². The van der Waals surface area contributed by atoms with Gasteiger partial charge in [-0.3, -0.25) is 9.59 Å². The molecule has 0 saturated heterocycles. The van der Waals surface area contributed by atoms with E-state index in [1.165, 1.54) is 25.7 Å². The Hall–Kier alpha value is -1.06. The summed E-state index contributed by atoms with van der Waals surface area (Å²) in [7, 11) is 0. The minimum Gasteiger partial charge on any atom is -0.481 e. The smallest absolute Gasteiger partial charge is 0.305 e. The van der Waals surface area contributed by atoms with Crippen molar-refractivity contribution in [3.8, 4) is 0 Å². The van der Waals surface area contributed by atoms with Gasteiger partial charge in [-0.1, -0.05) is 6.42 Å². The van der Waals surface area contributed by atoms with Crippen LogP contribution in [-0.2, 0) is 9.59 Å². The van der Waals surface area contributed by atoms with Crippen LogP contribution in [0.15, 0.2) is 0 Å². The lowest BCUT2D eigenvalue weighted by Crippen LogP contribution is -2.39. The fraction of sp³-hybridized carbons (Fsp3) is 0.867. The van der Waals surface area contributed by atoms with Gasteiger partial charge in [-0.05, 0) is 55.8 Å². The summed E-state index contributed by atoms with van der Waals surface area (Å²) in [5.74, 6) is 1.85. The van der Waals surface area contributed by atoms with E-state index in [4.69, 9.17) is 5.11 Å². The minimum atomic E-state index is -0.808. The molecule has 0 aliphatic heterocycles. The van der Waals surface area contributed by atoms with E-state index in [9.17, 15) is 9.59 Å². The molecule has 3 aliphatic rings. The molecule has 1 amide bonds. The highest BCUT2D eigenvalue weighted by molar-refractivity contribution is 5.77. The van der Waals surface area contributed by atoms with Gasteiger partial charge in [0.05, 0.1) is 6.42 Å². The van der Waals surface area contributed by atoms with Crippen molar-refractivity contribution in [3.05, 3.63) is 0 Å². The number of carbonyl (C=O) groups excluding carboxylic acids is 1. The summed E-state index contributed by atoms with van der Waals surface area (Å²) in [6.07, 6.45) is 8.00. The van der Waals surface area contributed by atoms with Gasteiger partial charge in [0.1, 0.15) is 0 Å². The molecule has 2 bridgehead atoms. The zero-order valence-electron chi connectivity index (χ0n) is 11.3. The maximum absolute atomic E-state index is 12.1. The lowest BCUT2D eigenvalue weighted by Gasteiger charge is -2.23. The van der Waals surface area contributed by atoms with E-state index in [0.717, 1.165) is 24.7 Å². The first-order valence-electron chi connectivity index (χ1n) is 7.63. The fourth-order valence-electron chi connectivity index (χ4n) is 4.15. The summed E-state index contributed by atoms with van der Waals surface area (Å²) in [4.78, 5) is 22.9. The molecule has 0 heterocycles. The molecule has 0 aromatic carbocycles. The maximum atomic E-state index is 12.1. The van der Waals surface area contributed by atoms with Crippen molar-refractivity contribution in [2.24, 2.45) is 23.7 Å².